The summed E-state index contributed by atoms with van der Waals surface area (Å²) in [5.74, 6) is -1.29. The average Bonchev–Trinajstić information content (AvgIpc) is 3.06. The van der Waals surface area contributed by atoms with Gasteiger partial charge in [-0.2, -0.15) is 0 Å². The molecule has 1 aliphatic heterocycles. The Kier molecular flexibility index (Phi) is 5.54. The molecule has 0 aliphatic carbocycles. The monoisotopic (exact) mass is 373 g/mol. The Morgan fingerprint density at radius 3 is 2.74 bits per heavy atom. The van der Waals surface area contributed by atoms with Gasteiger partial charge >= 0.3 is 0 Å². The lowest BCUT2D eigenvalue weighted by Gasteiger charge is -2.20. The van der Waals surface area contributed by atoms with E-state index < -0.39 is 11.6 Å². The molecule has 3 rings (SSSR count). The molecule has 0 aromatic heterocycles. The number of carbonyl (C=O) groups is 2. The Balaban J connectivity index is 1.85. The van der Waals surface area contributed by atoms with E-state index in [9.17, 15) is 18.4 Å². The first kappa shape index (κ1) is 19.0. The van der Waals surface area contributed by atoms with Crippen molar-refractivity contribution in [3.8, 4) is 5.75 Å². The number of halogens is 2. The van der Waals surface area contributed by atoms with Crippen LogP contribution in [0.3, 0.4) is 0 Å². The molecule has 1 heterocycles. The van der Waals surface area contributed by atoms with Crippen LogP contribution in [0.4, 0.5) is 8.78 Å². The van der Waals surface area contributed by atoms with Crippen molar-refractivity contribution in [1.82, 2.24) is 4.90 Å². The van der Waals surface area contributed by atoms with Gasteiger partial charge in [-0.1, -0.05) is 12.1 Å². The third-order valence-electron chi connectivity index (χ3n) is 5.10. The fourth-order valence-electron chi connectivity index (χ4n) is 3.58. The minimum Gasteiger partial charge on any atom is -0.492 e. The molecule has 1 saturated heterocycles. The zero-order chi connectivity index (χ0) is 19.6. The van der Waals surface area contributed by atoms with Crippen LogP contribution >= 0.6 is 0 Å². The van der Waals surface area contributed by atoms with Crippen molar-refractivity contribution in [2.75, 3.05) is 19.7 Å². The summed E-state index contributed by atoms with van der Waals surface area (Å²) in [5.41, 5.74) is 1.51. The highest BCUT2D eigenvalue weighted by Crippen LogP contribution is 2.35. The zero-order valence-electron chi connectivity index (χ0n) is 15.2. The molecule has 0 spiro atoms. The molecule has 0 bridgehead atoms. The maximum atomic E-state index is 14.3. The molecule has 4 nitrogen and oxygen atoms in total. The lowest BCUT2D eigenvalue weighted by atomic mass is 9.89. The lowest BCUT2D eigenvalue weighted by molar-refractivity contribution is -0.128. The zero-order valence-corrected chi connectivity index (χ0v) is 15.2. The number of likely N-dealkylation sites (tertiary alicyclic amines) is 1. The molecule has 2 atom stereocenters. The fourth-order valence-corrected chi connectivity index (χ4v) is 3.58. The van der Waals surface area contributed by atoms with Gasteiger partial charge < -0.3 is 9.64 Å². The standard InChI is InChI=1S/C21H21F2NO3/c1-13-4-3-5-21(19(13)11-25)27-12-15-9-24(14(2)26)10-18(15)17-8-16(22)6-7-20(17)23/h3-8,11,15,18H,9-10,12H2,1-2H3/t15-,18+/m0/s1. The third-order valence-corrected chi connectivity index (χ3v) is 5.10. The molecule has 1 amide bonds. The summed E-state index contributed by atoms with van der Waals surface area (Å²) >= 11 is 0. The van der Waals surface area contributed by atoms with Gasteiger partial charge in [0, 0.05) is 31.8 Å². The SMILES string of the molecule is CC(=O)N1C[C@@H](COc2cccc(C)c2C=O)[C@H](c2cc(F)ccc2F)C1. The van der Waals surface area contributed by atoms with Crippen molar-refractivity contribution in [3.63, 3.8) is 0 Å². The summed E-state index contributed by atoms with van der Waals surface area (Å²) in [6, 6.07) is 8.66. The summed E-state index contributed by atoms with van der Waals surface area (Å²) < 4.78 is 33.8. The van der Waals surface area contributed by atoms with E-state index in [-0.39, 0.29) is 29.9 Å². The fraction of sp³-hybridized carbons (Fsp3) is 0.333. The Labute approximate surface area is 156 Å². The highest BCUT2D eigenvalue weighted by molar-refractivity contribution is 5.81. The molecule has 142 valence electrons. The van der Waals surface area contributed by atoms with Crippen LogP contribution in [0, 0.1) is 24.5 Å². The number of amides is 1. The van der Waals surface area contributed by atoms with E-state index >= 15 is 0 Å². The van der Waals surface area contributed by atoms with E-state index in [1.54, 1.807) is 17.0 Å². The van der Waals surface area contributed by atoms with Gasteiger partial charge in [0.25, 0.3) is 0 Å². The maximum absolute atomic E-state index is 14.3. The van der Waals surface area contributed by atoms with Gasteiger partial charge in [-0.15, -0.1) is 0 Å². The van der Waals surface area contributed by atoms with Gasteiger partial charge in [0.2, 0.25) is 5.91 Å². The summed E-state index contributed by atoms with van der Waals surface area (Å²) in [7, 11) is 0. The summed E-state index contributed by atoms with van der Waals surface area (Å²) in [6.45, 7) is 4.15. The van der Waals surface area contributed by atoms with Crippen molar-refractivity contribution in [2.24, 2.45) is 5.92 Å². The number of ether oxygens (including phenoxy) is 1. The second kappa shape index (κ2) is 7.86. The van der Waals surface area contributed by atoms with Crippen LogP contribution in [-0.2, 0) is 4.79 Å². The number of hydrogen-bond acceptors (Lipinski definition) is 3. The van der Waals surface area contributed by atoms with E-state index in [1.807, 2.05) is 13.0 Å². The molecule has 6 heteroatoms. The van der Waals surface area contributed by atoms with E-state index in [0.717, 1.165) is 24.0 Å². The average molecular weight is 373 g/mol. The van der Waals surface area contributed by atoms with E-state index in [2.05, 4.69) is 0 Å². The maximum Gasteiger partial charge on any atom is 0.219 e. The first-order valence-corrected chi connectivity index (χ1v) is 8.78. The second-order valence-corrected chi connectivity index (χ2v) is 6.87. The molecule has 2 aromatic carbocycles. The lowest BCUT2D eigenvalue weighted by Crippen LogP contribution is -2.27. The van der Waals surface area contributed by atoms with Crippen LogP contribution < -0.4 is 4.74 Å². The van der Waals surface area contributed by atoms with Gasteiger partial charge in [-0.05, 0) is 42.3 Å². The van der Waals surface area contributed by atoms with Gasteiger partial charge in [0.1, 0.15) is 17.4 Å². The number of aryl methyl sites for hydroxylation is 1. The molecule has 1 aliphatic rings. The minimum atomic E-state index is -0.519. The van der Waals surface area contributed by atoms with Crippen LogP contribution in [0.15, 0.2) is 36.4 Å². The van der Waals surface area contributed by atoms with Crippen LogP contribution in [-0.4, -0.2) is 36.8 Å². The van der Waals surface area contributed by atoms with Gasteiger partial charge in [-0.25, -0.2) is 8.78 Å². The summed E-state index contributed by atoms with van der Waals surface area (Å²) in [4.78, 5) is 24.8. The molecular weight excluding hydrogens is 352 g/mol. The molecule has 0 N–H and O–H groups in total. The van der Waals surface area contributed by atoms with Crippen molar-refractivity contribution >= 4 is 12.2 Å². The third kappa shape index (κ3) is 3.99. The molecule has 1 fully saturated rings. The van der Waals surface area contributed by atoms with Crippen molar-refractivity contribution in [1.29, 1.82) is 0 Å². The van der Waals surface area contributed by atoms with Crippen molar-refractivity contribution in [3.05, 3.63) is 64.7 Å². The van der Waals surface area contributed by atoms with E-state index in [0.29, 0.717) is 24.4 Å². The van der Waals surface area contributed by atoms with Gasteiger partial charge in [0.05, 0.1) is 12.2 Å². The predicted molar refractivity (Wildman–Crippen MR) is 96.9 cm³/mol. The van der Waals surface area contributed by atoms with Crippen LogP contribution in [0.1, 0.15) is 34.3 Å². The summed E-state index contributed by atoms with van der Waals surface area (Å²) in [6.07, 6.45) is 0.741. The molecule has 27 heavy (non-hydrogen) atoms. The van der Waals surface area contributed by atoms with Gasteiger partial charge in [-0.3, -0.25) is 9.59 Å². The molecule has 0 unspecified atom stereocenters. The highest BCUT2D eigenvalue weighted by atomic mass is 19.1. The first-order valence-electron chi connectivity index (χ1n) is 8.78. The molecule has 0 radical (unpaired) electrons. The number of benzene rings is 2. The van der Waals surface area contributed by atoms with E-state index in [4.69, 9.17) is 4.74 Å². The van der Waals surface area contributed by atoms with Crippen LogP contribution in [0.25, 0.3) is 0 Å². The Morgan fingerprint density at radius 1 is 1.26 bits per heavy atom. The highest BCUT2D eigenvalue weighted by Gasteiger charge is 2.37. The second-order valence-electron chi connectivity index (χ2n) is 6.87. The quantitative estimate of drug-likeness (QED) is 0.751. The first-order chi connectivity index (χ1) is 12.9. The van der Waals surface area contributed by atoms with Crippen LogP contribution in [0.5, 0.6) is 5.75 Å². The molecule has 2 aromatic rings. The molecule has 0 saturated carbocycles. The Bertz CT molecular complexity index is 869. The van der Waals surface area contributed by atoms with Crippen molar-refractivity contribution in [2.45, 2.75) is 19.8 Å². The van der Waals surface area contributed by atoms with E-state index in [1.165, 1.54) is 13.0 Å². The largest absolute Gasteiger partial charge is 0.492 e. The smallest absolute Gasteiger partial charge is 0.219 e. The number of nitrogens with zero attached hydrogens (tertiary/aromatic N) is 1. The number of rotatable bonds is 5. The number of aldehydes is 1. The summed E-state index contributed by atoms with van der Waals surface area (Å²) in [5, 5.41) is 0. The number of hydrogen-bond donors (Lipinski definition) is 0. The normalized spacial score (nSPS) is 19.2. The molecular formula is C21H21F2NO3. The Morgan fingerprint density at radius 2 is 2.04 bits per heavy atom. The Hall–Kier alpha value is -2.76. The van der Waals surface area contributed by atoms with Crippen LogP contribution in [0.2, 0.25) is 0 Å². The van der Waals surface area contributed by atoms with Crippen molar-refractivity contribution < 1.29 is 23.1 Å². The topological polar surface area (TPSA) is 46.6 Å². The number of carbonyl (C=O) groups excluding carboxylic acids is 2. The minimum absolute atomic E-state index is 0.122. The predicted octanol–water partition coefficient (Wildman–Crippen LogP) is 3.73. The van der Waals surface area contributed by atoms with Gasteiger partial charge in [0.15, 0.2) is 6.29 Å².